The van der Waals surface area contributed by atoms with E-state index in [1.165, 1.54) is 7.11 Å². The molecule has 112 valence electrons. The van der Waals surface area contributed by atoms with E-state index in [9.17, 15) is 9.59 Å². The largest absolute Gasteiger partial charge is 0.467 e. The molecular formula is C14H18N4O3. The van der Waals surface area contributed by atoms with Crippen LogP contribution in [0.5, 0.6) is 0 Å². The monoisotopic (exact) mass is 290 g/mol. The molecule has 2 N–H and O–H groups in total. The number of aromatic amines is 1. The molecule has 2 rings (SSSR count). The van der Waals surface area contributed by atoms with Crippen molar-refractivity contribution in [2.75, 3.05) is 7.11 Å². The Bertz CT molecular complexity index is 650. The molecule has 0 aliphatic carbocycles. The Kier molecular flexibility index (Phi) is 4.52. The van der Waals surface area contributed by atoms with Gasteiger partial charge in [0.2, 0.25) is 0 Å². The third-order valence-corrected chi connectivity index (χ3v) is 3.08. The smallest absolute Gasteiger partial charge is 0.328 e. The summed E-state index contributed by atoms with van der Waals surface area (Å²) >= 11 is 0. The zero-order chi connectivity index (χ0) is 15.4. The lowest BCUT2D eigenvalue weighted by atomic mass is 10.0. The molecule has 1 aromatic carbocycles. The van der Waals surface area contributed by atoms with E-state index < -0.39 is 12.0 Å². The first kappa shape index (κ1) is 15.0. The molecule has 1 heterocycles. The van der Waals surface area contributed by atoms with Gasteiger partial charge in [-0.15, -0.1) is 0 Å². The molecule has 2 aromatic rings. The second-order valence-corrected chi connectivity index (χ2v) is 5.21. The molecule has 0 bridgehead atoms. The number of hydrogen-bond acceptors (Lipinski definition) is 5. The third kappa shape index (κ3) is 3.56. The van der Waals surface area contributed by atoms with E-state index in [-0.39, 0.29) is 11.8 Å². The number of esters is 1. The van der Waals surface area contributed by atoms with Crippen LogP contribution in [-0.4, -0.2) is 40.4 Å². The molecule has 0 radical (unpaired) electrons. The van der Waals surface area contributed by atoms with Crippen molar-refractivity contribution >= 4 is 22.9 Å². The van der Waals surface area contributed by atoms with Crippen molar-refractivity contribution in [1.29, 1.82) is 0 Å². The van der Waals surface area contributed by atoms with Gasteiger partial charge in [0.05, 0.1) is 7.11 Å². The minimum Gasteiger partial charge on any atom is -0.467 e. The van der Waals surface area contributed by atoms with Crippen LogP contribution < -0.4 is 5.32 Å². The molecule has 7 heteroatoms. The first-order valence-corrected chi connectivity index (χ1v) is 6.70. The minimum absolute atomic E-state index is 0.257. The number of fused-ring (bicyclic) bond motifs is 1. The predicted molar refractivity (Wildman–Crippen MR) is 76.6 cm³/mol. The van der Waals surface area contributed by atoms with Gasteiger partial charge in [0.1, 0.15) is 17.1 Å². The van der Waals surface area contributed by atoms with Crippen LogP contribution in [0.3, 0.4) is 0 Å². The van der Waals surface area contributed by atoms with Crippen LogP contribution in [0.2, 0.25) is 0 Å². The number of hydrogen-bond donors (Lipinski definition) is 2. The lowest BCUT2D eigenvalue weighted by Gasteiger charge is -2.18. The van der Waals surface area contributed by atoms with Crippen molar-refractivity contribution in [3.05, 3.63) is 23.8 Å². The average molecular weight is 290 g/mol. The Balaban J connectivity index is 2.15. The normalized spacial score (nSPS) is 12.4. The van der Waals surface area contributed by atoms with Crippen molar-refractivity contribution < 1.29 is 14.3 Å². The van der Waals surface area contributed by atoms with E-state index in [1.54, 1.807) is 18.2 Å². The Morgan fingerprint density at radius 3 is 2.67 bits per heavy atom. The summed E-state index contributed by atoms with van der Waals surface area (Å²) in [5.74, 6) is -0.525. The minimum atomic E-state index is -0.657. The Labute approximate surface area is 122 Å². The van der Waals surface area contributed by atoms with E-state index in [0.717, 1.165) is 0 Å². The number of nitrogens with one attached hydrogen (secondary N) is 2. The van der Waals surface area contributed by atoms with Gasteiger partial charge in [-0.25, -0.2) is 4.79 Å². The Morgan fingerprint density at radius 1 is 1.29 bits per heavy atom. The maximum Gasteiger partial charge on any atom is 0.328 e. The number of rotatable bonds is 5. The van der Waals surface area contributed by atoms with Crippen molar-refractivity contribution in [2.45, 2.75) is 26.3 Å². The number of carbonyl (C=O) groups excluding carboxylic acids is 2. The third-order valence-electron chi connectivity index (χ3n) is 3.08. The molecule has 1 aromatic heterocycles. The highest BCUT2D eigenvalue weighted by Crippen LogP contribution is 2.12. The van der Waals surface area contributed by atoms with Gasteiger partial charge in [0, 0.05) is 5.56 Å². The van der Waals surface area contributed by atoms with Crippen LogP contribution >= 0.6 is 0 Å². The van der Waals surface area contributed by atoms with E-state index >= 15 is 0 Å². The standard InChI is InChI=1S/C14H18N4O3/c1-8(2)6-12(14(20)21-3)15-13(19)9-4-5-10-11(7-9)17-18-16-10/h4-5,7-8,12H,6H2,1-3H3,(H,15,19)(H,16,17,18). The summed E-state index contributed by atoms with van der Waals surface area (Å²) in [4.78, 5) is 24.0. The number of H-pyrrole nitrogens is 1. The molecule has 0 saturated heterocycles. The Hall–Kier alpha value is -2.44. The topological polar surface area (TPSA) is 97.0 Å². The summed E-state index contributed by atoms with van der Waals surface area (Å²) in [5.41, 5.74) is 1.70. The lowest BCUT2D eigenvalue weighted by molar-refractivity contribution is -0.143. The number of aromatic nitrogens is 3. The number of ether oxygens (including phenoxy) is 1. The molecule has 1 amide bonds. The first-order chi connectivity index (χ1) is 10.0. The quantitative estimate of drug-likeness (QED) is 0.808. The molecule has 0 spiro atoms. The molecule has 1 atom stereocenters. The summed E-state index contributed by atoms with van der Waals surface area (Å²) in [6.07, 6.45) is 0.518. The zero-order valence-electron chi connectivity index (χ0n) is 12.2. The van der Waals surface area contributed by atoms with E-state index in [0.29, 0.717) is 23.0 Å². The maximum absolute atomic E-state index is 12.2. The number of nitrogens with zero attached hydrogens (tertiary/aromatic N) is 2. The van der Waals surface area contributed by atoms with Gasteiger partial charge in [-0.2, -0.15) is 15.4 Å². The van der Waals surface area contributed by atoms with Crippen LogP contribution in [0.15, 0.2) is 18.2 Å². The van der Waals surface area contributed by atoms with Gasteiger partial charge in [-0.1, -0.05) is 13.8 Å². The number of carbonyl (C=O) groups is 2. The predicted octanol–water partition coefficient (Wildman–Crippen LogP) is 1.28. The molecule has 0 aliphatic rings. The van der Waals surface area contributed by atoms with Crippen LogP contribution in [0.1, 0.15) is 30.6 Å². The van der Waals surface area contributed by atoms with Gasteiger partial charge in [-0.05, 0) is 30.5 Å². The van der Waals surface area contributed by atoms with E-state index in [4.69, 9.17) is 4.74 Å². The van der Waals surface area contributed by atoms with Gasteiger partial charge in [0.15, 0.2) is 0 Å². The molecule has 7 nitrogen and oxygen atoms in total. The van der Waals surface area contributed by atoms with E-state index in [1.807, 2.05) is 13.8 Å². The van der Waals surface area contributed by atoms with Gasteiger partial charge >= 0.3 is 5.97 Å². The highest BCUT2D eigenvalue weighted by molar-refractivity contribution is 5.99. The molecule has 0 saturated carbocycles. The molecule has 0 fully saturated rings. The SMILES string of the molecule is COC(=O)C(CC(C)C)NC(=O)c1ccc2n[nH]nc2c1. The second-order valence-electron chi connectivity index (χ2n) is 5.21. The van der Waals surface area contributed by atoms with Crippen LogP contribution in [0.4, 0.5) is 0 Å². The molecule has 21 heavy (non-hydrogen) atoms. The fourth-order valence-electron chi connectivity index (χ4n) is 2.05. The fourth-order valence-corrected chi connectivity index (χ4v) is 2.05. The molecule has 0 aliphatic heterocycles. The highest BCUT2D eigenvalue weighted by Gasteiger charge is 2.23. The lowest BCUT2D eigenvalue weighted by Crippen LogP contribution is -2.42. The molecule has 1 unspecified atom stereocenters. The van der Waals surface area contributed by atoms with Crippen LogP contribution in [-0.2, 0) is 9.53 Å². The summed E-state index contributed by atoms with van der Waals surface area (Å²) in [5, 5.41) is 13.0. The molecular weight excluding hydrogens is 272 g/mol. The number of benzene rings is 1. The van der Waals surface area contributed by atoms with Crippen LogP contribution in [0, 0.1) is 5.92 Å². The summed E-state index contributed by atoms with van der Waals surface area (Å²) < 4.78 is 4.73. The van der Waals surface area contributed by atoms with Crippen molar-refractivity contribution in [1.82, 2.24) is 20.7 Å². The van der Waals surface area contributed by atoms with E-state index in [2.05, 4.69) is 20.7 Å². The fraction of sp³-hybridized carbons (Fsp3) is 0.429. The van der Waals surface area contributed by atoms with Crippen molar-refractivity contribution in [2.24, 2.45) is 5.92 Å². The summed E-state index contributed by atoms with van der Waals surface area (Å²) in [6, 6.07) is 4.31. The highest BCUT2D eigenvalue weighted by atomic mass is 16.5. The van der Waals surface area contributed by atoms with Crippen molar-refractivity contribution in [3.8, 4) is 0 Å². The summed E-state index contributed by atoms with van der Waals surface area (Å²) in [7, 11) is 1.31. The van der Waals surface area contributed by atoms with Crippen LogP contribution in [0.25, 0.3) is 11.0 Å². The van der Waals surface area contributed by atoms with Gasteiger partial charge in [-0.3, -0.25) is 4.79 Å². The zero-order valence-corrected chi connectivity index (χ0v) is 12.2. The number of methoxy groups -OCH3 is 1. The summed E-state index contributed by atoms with van der Waals surface area (Å²) in [6.45, 7) is 3.95. The second kappa shape index (κ2) is 6.34. The number of amides is 1. The average Bonchev–Trinajstić information content (AvgIpc) is 2.92. The first-order valence-electron chi connectivity index (χ1n) is 6.70. The maximum atomic E-state index is 12.2. The van der Waals surface area contributed by atoms with Crippen molar-refractivity contribution in [3.63, 3.8) is 0 Å². The van der Waals surface area contributed by atoms with Gasteiger partial charge in [0.25, 0.3) is 5.91 Å². The Morgan fingerprint density at radius 2 is 2.00 bits per heavy atom. The van der Waals surface area contributed by atoms with Gasteiger partial charge < -0.3 is 10.1 Å².